The van der Waals surface area contributed by atoms with E-state index in [0.717, 1.165) is 17.3 Å². The molecule has 1 aromatic rings. The fraction of sp³-hybridized carbons (Fsp3) is 0. The molecule has 0 atom stereocenters. The summed E-state index contributed by atoms with van der Waals surface area (Å²) >= 11 is 0.979. The molecule has 0 aliphatic heterocycles. The van der Waals surface area contributed by atoms with Gasteiger partial charge in [-0.1, -0.05) is 18.7 Å². The first-order valence-electron chi connectivity index (χ1n) is 3.25. The van der Waals surface area contributed by atoms with E-state index in [4.69, 9.17) is 5.26 Å². The third-order valence-electron chi connectivity index (χ3n) is 1.34. The SMILES string of the molecule is C=C(SC#N)c1ccc(F)cc1. The normalized spacial score (nSPS) is 9.00. The van der Waals surface area contributed by atoms with Crippen LogP contribution in [0.5, 0.6) is 0 Å². The lowest BCUT2D eigenvalue weighted by Gasteiger charge is -1.98. The maximum absolute atomic E-state index is 12.4. The van der Waals surface area contributed by atoms with Crippen molar-refractivity contribution in [1.82, 2.24) is 0 Å². The molecule has 1 rings (SSSR count). The smallest absolute Gasteiger partial charge is 0.138 e. The van der Waals surface area contributed by atoms with Crippen molar-refractivity contribution in [2.45, 2.75) is 0 Å². The summed E-state index contributed by atoms with van der Waals surface area (Å²) in [6.07, 6.45) is 0. The van der Waals surface area contributed by atoms with Gasteiger partial charge in [-0.15, -0.1) is 0 Å². The number of halogens is 1. The second-order valence-corrected chi connectivity index (χ2v) is 3.00. The van der Waals surface area contributed by atoms with Crippen LogP contribution in [-0.4, -0.2) is 0 Å². The van der Waals surface area contributed by atoms with Gasteiger partial charge in [-0.25, -0.2) is 4.39 Å². The predicted molar refractivity (Wildman–Crippen MR) is 48.6 cm³/mol. The van der Waals surface area contributed by atoms with Crippen molar-refractivity contribution >= 4 is 16.7 Å². The third-order valence-corrected chi connectivity index (χ3v) is 1.91. The van der Waals surface area contributed by atoms with E-state index in [1.165, 1.54) is 12.1 Å². The van der Waals surface area contributed by atoms with Crippen LogP contribution in [-0.2, 0) is 0 Å². The Balaban J connectivity index is 2.84. The summed E-state index contributed by atoms with van der Waals surface area (Å²) in [6, 6.07) is 5.89. The molecule has 60 valence electrons. The van der Waals surface area contributed by atoms with E-state index in [9.17, 15) is 4.39 Å². The average molecular weight is 179 g/mol. The van der Waals surface area contributed by atoms with Crippen LogP contribution in [0.4, 0.5) is 4.39 Å². The zero-order valence-electron chi connectivity index (χ0n) is 6.25. The highest BCUT2D eigenvalue weighted by atomic mass is 32.2. The molecule has 0 fully saturated rings. The molecular formula is C9H6FNS. The Hall–Kier alpha value is -1.27. The van der Waals surface area contributed by atoms with Gasteiger partial charge in [0.05, 0.1) is 0 Å². The van der Waals surface area contributed by atoms with E-state index in [-0.39, 0.29) is 5.82 Å². The fourth-order valence-corrected chi connectivity index (χ4v) is 1.11. The molecular weight excluding hydrogens is 173 g/mol. The molecule has 0 heterocycles. The van der Waals surface area contributed by atoms with Crippen LogP contribution in [0.15, 0.2) is 30.8 Å². The summed E-state index contributed by atoms with van der Waals surface area (Å²) in [5.41, 5.74) is 0.781. The van der Waals surface area contributed by atoms with E-state index in [1.54, 1.807) is 12.1 Å². The molecule has 0 N–H and O–H groups in total. The van der Waals surface area contributed by atoms with Gasteiger partial charge in [0.15, 0.2) is 0 Å². The molecule has 0 spiro atoms. The van der Waals surface area contributed by atoms with Gasteiger partial charge in [0, 0.05) is 4.91 Å². The largest absolute Gasteiger partial charge is 0.207 e. The molecule has 0 unspecified atom stereocenters. The Labute approximate surface area is 74.5 Å². The molecule has 0 radical (unpaired) electrons. The Morgan fingerprint density at radius 2 is 2.00 bits per heavy atom. The van der Waals surface area contributed by atoms with Gasteiger partial charge >= 0.3 is 0 Å². The second-order valence-electron chi connectivity index (χ2n) is 2.12. The number of thioether (sulfide) groups is 1. The topological polar surface area (TPSA) is 23.8 Å². The third kappa shape index (κ3) is 2.11. The zero-order chi connectivity index (χ0) is 8.97. The van der Waals surface area contributed by atoms with Crippen molar-refractivity contribution in [3.8, 4) is 5.40 Å². The fourth-order valence-electron chi connectivity index (χ4n) is 0.750. The van der Waals surface area contributed by atoms with Gasteiger partial charge in [0.2, 0.25) is 0 Å². The minimum Gasteiger partial charge on any atom is -0.207 e. The van der Waals surface area contributed by atoms with Crippen LogP contribution in [0.3, 0.4) is 0 Å². The van der Waals surface area contributed by atoms with Gasteiger partial charge in [-0.2, -0.15) is 5.26 Å². The predicted octanol–water partition coefficient (Wildman–Crippen LogP) is 3.01. The van der Waals surface area contributed by atoms with Crippen LogP contribution in [0.1, 0.15) is 5.56 Å². The minimum atomic E-state index is -0.284. The molecule has 0 saturated carbocycles. The summed E-state index contributed by atoms with van der Waals surface area (Å²) in [7, 11) is 0. The zero-order valence-corrected chi connectivity index (χ0v) is 7.07. The lowest BCUT2D eigenvalue weighted by molar-refractivity contribution is 0.628. The Kier molecular flexibility index (Phi) is 2.89. The first-order chi connectivity index (χ1) is 5.74. The number of nitrogens with zero attached hydrogens (tertiary/aromatic N) is 1. The summed E-state index contributed by atoms with van der Waals surface area (Å²) < 4.78 is 12.4. The molecule has 12 heavy (non-hydrogen) atoms. The van der Waals surface area contributed by atoms with Crippen molar-refractivity contribution in [3.63, 3.8) is 0 Å². The van der Waals surface area contributed by atoms with Crippen molar-refractivity contribution in [2.75, 3.05) is 0 Å². The van der Waals surface area contributed by atoms with Crippen LogP contribution in [0.2, 0.25) is 0 Å². The molecule has 0 aliphatic rings. The first-order valence-corrected chi connectivity index (χ1v) is 4.06. The van der Waals surface area contributed by atoms with Gasteiger partial charge < -0.3 is 0 Å². The minimum absolute atomic E-state index is 0.284. The quantitative estimate of drug-likeness (QED) is 0.651. The summed E-state index contributed by atoms with van der Waals surface area (Å²) in [5.74, 6) is -0.284. The molecule has 3 heteroatoms. The number of benzene rings is 1. The first kappa shape index (κ1) is 8.82. The van der Waals surface area contributed by atoms with E-state index in [0.29, 0.717) is 4.91 Å². The number of thiocyanates is 1. The maximum Gasteiger partial charge on any atom is 0.138 e. The molecule has 0 aliphatic carbocycles. The molecule has 1 aromatic carbocycles. The van der Waals surface area contributed by atoms with E-state index < -0.39 is 0 Å². The van der Waals surface area contributed by atoms with Gasteiger partial charge in [-0.05, 0) is 29.5 Å². The van der Waals surface area contributed by atoms with Gasteiger partial charge in [0.1, 0.15) is 11.2 Å². The van der Waals surface area contributed by atoms with Crippen LogP contribution in [0, 0.1) is 16.5 Å². The number of rotatable bonds is 2. The lowest BCUT2D eigenvalue weighted by atomic mass is 10.2. The highest BCUT2D eigenvalue weighted by Crippen LogP contribution is 2.23. The van der Waals surface area contributed by atoms with Gasteiger partial charge in [-0.3, -0.25) is 0 Å². The van der Waals surface area contributed by atoms with E-state index in [1.807, 2.05) is 5.40 Å². The van der Waals surface area contributed by atoms with Crippen molar-refractivity contribution in [1.29, 1.82) is 5.26 Å². The summed E-state index contributed by atoms with van der Waals surface area (Å²) in [6.45, 7) is 3.66. The number of hydrogen-bond donors (Lipinski definition) is 0. The van der Waals surface area contributed by atoms with Crippen molar-refractivity contribution < 1.29 is 4.39 Å². The second kappa shape index (κ2) is 3.93. The summed E-state index contributed by atoms with van der Waals surface area (Å²) in [4.78, 5) is 0.637. The highest BCUT2D eigenvalue weighted by Gasteiger charge is 1.98. The van der Waals surface area contributed by atoms with Crippen molar-refractivity contribution in [3.05, 3.63) is 42.2 Å². The standard InChI is InChI=1S/C9H6FNS/c1-7(12-6-11)8-2-4-9(10)5-3-8/h2-5H,1H2. The number of hydrogen-bond acceptors (Lipinski definition) is 2. The molecule has 0 amide bonds. The van der Waals surface area contributed by atoms with Crippen LogP contribution < -0.4 is 0 Å². The molecule has 0 bridgehead atoms. The molecule has 0 saturated heterocycles. The van der Waals surface area contributed by atoms with Crippen LogP contribution in [0.25, 0.3) is 4.91 Å². The Morgan fingerprint density at radius 3 is 2.50 bits per heavy atom. The lowest BCUT2D eigenvalue weighted by Crippen LogP contribution is -1.78. The molecule has 1 nitrogen and oxygen atoms in total. The Morgan fingerprint density at radius 1 is 1.42 bits per heavy atom. The number of nitriles is 1. The van der Waals surface area contributed by atoms with E-state index >= 15 is 0 Å². The highest BCUT2D eigenvalue weighted by molar-refractivity contribution is 8.12. The van der Waals surface area contributed by atoms with Gasteiger partial charge in [0.25, 0.3) is 0 Å². The Bertz CT molecular complexity index is 323. The average Bonchev–Trinajstić information content (AvgIpc) is 2.06. The maximum atomic E-state index is 12.4. The molecule has 0 aromatic heterocycles. The van der Waals surface area contributed by atoms with Crippen molar-refractivity contribution in [2.24, 2.45) is 0 Å². The summed E-state index contributed by atoms with van der Waals surface area (Å²) in [5, 5.41) is 10.2. The monoisotopic (exact) mass is 179 g/mol. The van der Waals surface area contributed by atoms with Crippen LogP contribution >= 0.6 is 11.8 Å². The van der Waals surface area contributed by atoms with E-state index in [2.05, 4.69) is 6.58 Å².